The van der Waals surface area contributed by atoms with E-state index in [0.29, 0.717) is 0 Å². The van der Waals surface area contributed by atoms with Gasteiger partial charge in [0.1, 0.15) is 6.54 Å². The average Bonchev–Trinajstić information content (AvgIpc) is 2.28. The van der Waals surface area contributed by atoms with Crippen LogP contribution in [0.15, 0.2) is 24.4 Å². The Morgan fingerprint density at radius 2 is 1.79 bits per heavy atom. The summed E-state index contributed by atoms with van der Waals surface area (Å²) in [7, 11) is -6.09. The molecule has 0 saturated heterocycles. The van der Waals surface area contributed by atoms with E-state index < -0.39 is 15.6 Å². The number of nitrogens with zero attached hydrogens (tertiary/aromatic N) is 1. The number of hydrogen-bond donors (Lipinski definition) is 0. The van der Waals surface area contributed by atoms with Crippen molar-refractivity contribution in [1.29, 1.82) is 0 Å². The van der Waals surface area contributed by atoms with E-state index in [0.717, 1.165) is 13.0 Å². The van der Waals surface area contributed by atoms with Crippen molar-refractivity contribution in [3.8, 4) is 0 Å². The minimum absolute atomic E-state index is 1.13. The maximum absolute atomic E-state index is 10.7. The van der Waals surface area contributed by atoms with Gasteiger partial charge in [0.05, 0.1) is 0 Å². The third-order valence-electron chi connectivity index (χ3n) is 2.14. The largest absolute Gasteiger partial charge is 0.741 e. The van der Waals surface area contributed by atoms with E-state index in [-0.39, 0.29) is 0 Å². The molecule has 0 fully saturated rings. The van der Waals surface area contributed by atoms with Crippen molar-refractivity contribution < 1.29 is 30.7 Å². The molecule has 0 atom stereocenters. The number of aromatic nitrogens is 1. The standard InChI is InChI=1S/C10H16N.CHF3O3S/c1-3-8-11-9-6-5-7-10(11)4-2;2-1(3,4)8(5,6)7/h5-7,9H,3-4,8H2,1-2H3;(H,5,6,7)/q+1;/p-1. The Balaban J connectivity index is 0.000000362. The molecule has 1 rings (SSSR count). The number of halogens is 3. The highest BCUT2D eigenvalue weighted by atomic mass is 32.2. The van der Waals surface area contributed by atoms with Gasteiger partial charge in [-0.15, -0.1) is 0 Å². The first-order valence-electron chi connectivity index (χ1n) is 5.63. The normalized spacial score (nSPS) is 11.7. The molecule has 0 radical (unpaired) electrons. The molecule has 0 N–H and O–H groups in total. The number of aryl methyl sites for hydroxylation is 2. The summed E-state index contributed by atoms with van der Waals surface area (Å²) in [6.07, 6.45) is 4.49. The zero-order valence-electron chi connectivity index (χ0n) is 10.6. The number of rotatable bonds is 3. The van der Waals surface area contributed by atoms with Gasteiger partial charge in [-0.3, -0.25) is 0 Å². The van der Waals surface area contributed by atoms with E-state index in [4.69, 9.17) is 13.0 Å². The Morgan fingerprint density at radius 3 is 2.16 bits per heavy atom. The van der Waals surface area contributed by atoms with Crippen LogP contribution in [-0.4, -0.2) is 18.5 Å². The molecule has 0 saturated carbocycles. The topological polar surface area (TPSA) is 61.1 Å². The summed E-state index contributed by atoms with van der Waals surface area (Å²) >= 11 is 0. The molecule has 4 nitrogen and oxygen atoms in total. The Kier molecular flexibility index (Phi) is 6.99. The van der Waals surface area contributed by atoms with Crippen LogP contribution in [0.1, 0.15) is 26.0 Å². The molecule has 0 aliphatic carbocycles. The van der Waals surface area contributed by atoms with Gasteiger partial charge in [0, 0.05) is 25.0 Å². The lowest BCUT2D eigenvalue weighted by Gasteiger charge is -2.08. The van der Waals surface area contributed by atoms with E-state index in [1.54, 1.807) is 0 Å². The molecule has 0 aromatic carbocycles. The highest BCUT2D eigenvalue weighted by Crippen LogP contribution is 2.20. The van der Waals surface area contributed by atoms with Gasteiger partial charge >= 0.3 is 5.51 Å². The third kappa shape index (κ3) is 6.53. The fourth-order valence-electron chi connectivity index (χ4n) is 1.29. The second kappa shape index (κ2) is 7.44. The lowest BCUT2D eigenvalue weighted by Crippen LogP contribution is -2.37. The van der Waals surface area contributed by atoms with Crippen LogP contribution >= 0.6 is 0 Å². The smallest absolute Gasteiger partial charge is 0.485 e. The van der Waals surface area contributed by atoms with Crippen LogP contribution in [0.5, 0.6) is 0 Å². The quantitative estimate of drug-likeness (QED) is 0.487. The van der Waals surface area contributed by atoms with Crippen LogP contribution in [0.25, 0.3) is 0 Å². The molecular weight excluding hydrogens is 283 g/mol. The maximum atomic E-state index is 10.7. The highest BCUT2D eigenvalue weighted by Gasteiger charge is 2.36. The molecule has 0 spiro atoms. The Hall–Kier alpha value is -1.15. The monoisotopic (exact) mass is 299 g/mol. The Labute approximate surface area is 110 Å². The second-order valence-corrected chi connectivity index (χ2v) is 5.01. The van der Waals surface area contributed by atoms with Crippen LogP contribution in [-0.2, 0) is 23.1 Å². The van der Waals surface area contributed by atoms with Gasteiger partial charge in [0.15, 0.2) is 22.0 Å². The average molecular weight is 299 g/mol. The Bertz CT molecular complexity index is 486. The molecule has 8 heteroatoms. The molecule has 1 aromatic rings. The number of hydrogen-bond acceptors (Lipinski definition) is 3. The van der Waals surface area contributed by atoms with Gasteiger partial charge < -0.3 is 4.55 Å². The fraction of sp³-hybridized carbons (Fsp3) is 0.545. The van der Waals surface area contributed by atoms with Crippen molar-refractivity contribution in [3.63, 3.8) is 0 Å². The summed E-state index contributed by atoms with van der Waals surface area (Å²) < 4.78 is 61.2. The molecule has 0 bridgehead atoms. The van der Waals surface area contributed by atoms with Crippen LogP contribution in [0, 0.1) is 0 Å². The van der Waals surface area contributed by atoms with Gasteiger partial charge in [-0.05, 0) is 0 Å². The molecule has 1 aromatic heterocycles. The van der Waals surface area contributed by atoms with Crippen molar-refractivity contribution in [3.05, 3.63) is 30.1 Å². The van der Waals surface area contributed by atoms with E-state index in [1.807, 2.05) is 0 Å². The van der Waals surface area contributed by atoms with Gasteiger partial charge in [-0.25, -0.2) is 13.0 Å². The van der Waals surface area contributed by atoms with E-state index in [2.05, 4.69) is 42.8 Å². The molecule has 1 heterocycles. The summed E-state index contributed by atoms with van der Waals surface area (Å²) in [6, 6.07) is 6.38. The first-order chi connectivity index (χ1) is 8.63. The van der Waals surface area contributed by atoms with Crippen LogP contribution in [0.3, 0.4) is 0 Å². The van der Waals surface area contributed by atoms with E-state index >= 15 is 0 Å². The molecular formula is C11H16F3NO3S. The predicted octanol–water partition coefficient (Wildman–Crippen LogP) is 2.00. The summed E-state index contributed by atoms with van der Waals surface area (Å²) in [5, 5.41) is 0. The van der Waals surface area contributed by atoms with E-state index in [1.165, 1.54) is 12.1 Å². The van der Waals surface area contributed by atoms with Gasteiger partial charge in [-0.1, -0.05) is 19.9 Å². The van der Waals surface area contributed by atoms with E-state index in [9.17, 15) is 13.2 Å². The van der Waals surface area contributed by atoms with Crippen molar-refractivity contribution in [2.24, 2.45) is 0 Å². The van der Waals surface area contributed by atoms with Gasteiger partial charge in [0.25, 0.3) is 0 Å². The maximum Gasteiger partial charge on any atom is 0.485 e. The molecule has 0 unspecified atom stereocenters. The summed E-state index contributed by atoms with van der Waals surface area (Å²) in [4.78, 5) is 0. The Morgan fingerprint density at radius 1 is 1.26 bits per heavy atom. The van der Waals surface area contributed by atoms with Crippen molar-refractivity contribution in [1.82, 2.24) is 0 Å². The first kappa shape index (κ1) is 17.8. The molecule has 0 aliphatic rings. The fourth-order valence-corrected chi connectivity index (χ4v) is 1.29. The second-order valence-electron chi connectivity index (χ2n) is 3.64. The minimum atomic E-state index is -6.09. The number of pyridine rings is 1. The zero-order valence-corrected chi connectivity index (χ0v) is 11.5. The first-order valence-corrected chi connectivity index (χ1v) is 7.03. The number of alkyl halides is 3. The molecule has 110 valence electrons. The lowest BCUT2D eigenvalue weighted by atomic mass is 10.3. The molecule has 0 amide bonds. The minimum Gasteiger partial charge on any atom is -0.741 e. The molecule has 0 aliphatic heterocycles. The summed E-state index contributed by atoms with van der Waals surface area (Å²) in [6.45, 7) is 5.55. The SMILES string of the molecule is CCC[n+]1ccccc1CC.O=S(=O)([O-])C(F)(F)F. The highest BCUT2D eigenvalue weighted by molar-refractivity contribution is 7.86. The third-order valence-corrected chi connectivity index (χ3v) is 2.71. The van der Waals surface area contributed by atoms with Gasteiger partial charge in [-0.2, -0.15) is 13.2 Å². The summed E-state index contributed by atoms with van der Waals surface area (Å²) in [5.74, 6) is 0. The summed E-state index contributed by atoms with van der Waals surface area (Å²) in [5.41, 5.74) is -4.22. The van der Waals surface area contributed by atoms with Crippen molar-refractivity contribution in [2.45, 2.75) is 38.7 Å². The lowest BCUT2D eigenvalue weighted by molar-refractivity contribution is -0.704. The van der Waals surface area contributed by atoms with Gasteiger partial charge in [0.2, 0.25) is 0 Å². The molecule has 19 heavy (non-hydrogen) atoms. The van der Waals surface area contributed by atoms with Crippen LogP contribution < -0.4 is 4.57 Å². The van der Waals surface area contributed by atoms with Crippen molar-refractivity contribution >= 4 is 10.1 Å². The predicted molar refractivity (Wildman–Crippen MR) is 62.1 cm³/mol. The van der Waals surface area contributed by atoms with Crippen LogP contribution in [0.2, 0.25) is 0 Å². The zero-order chi connectivity index (χ0) is 15.1. The van der Waals surface area contributed by atoms with Crippen molar-refractivity contribution in [2.75, 3.05) is 0 Å². The van der Waals surface area contributed by atoms with Crippen LogP contribution in [0.4, 0.5) is 13.2 Å².